The first-order valence-electron chi connectivity index (χ1n) is 5.01. The summed E-state index contributed by atoms with van der Waals surface area (Å²) in [5.41, 5.74) is 1.64. The number of aliphatic carboxylic acids is 1. The standard InChI is InChI=1S/C12H12N2O2/c1-8(12(15)16)14-11-6-2-5-10-9(11)4-3-7-13-10/h2-8,14H,1H3,(H,15,16)/t8-/m0/s1. The zero-order chi connectivity index (χ0) is 11.5. The summed E-state index contributed by atoms with van der Waals surface area (Å²) in [6.07, 6.45) is 1.72. The number of benzene rings is 1. The van der Waals surface area contributed by atoms with Crippen LogP contribution in [0.5, 0.6) is 0 Å². The van der Waals surface area contributed by atoms with Gasteiger partial charge in [-0.25, -0.2) is 0 Å². The molecule has 0 bridgehead atoms. The number of rotatable bonds is 3. The molecule has 0 saturated carbocycles. The number of hydrogen-bond donors (Lipinski definition) is 2. The van der Waals surface area contributed by atoms with Crippen molar-refractivity contribution >= 4 is 22.6 Å². The smallest absolute Gasteiger partial charge is 0.325 e. The van der Waals surface area contributed by atoms with Gasteiger partial charge in [0.2, 0.25) is 0 Å². The van der Waals surface area contributed by atoms with Crippen LogP contribution in [0.2, 0.25) is 0 Å². The van der Waals surface area contributed by atoms with E-state index in [1.165, 1.54) is 0 Å². The van der Waals surface area contributed by atoms with Crippen LogP contribution in [0.4, 0.5) is 5.69 Å². The minimum Gasteiger partial charge on any atom is -0.480 e. The number of carboxylic acids is 1. The molecule has 1 atom stereocenters. The molecule has 0 unspecified atom stereocenters. The summed E-state index contributed by atoms with van der Waals surface area (Å²) in [7, 11) is 0. The van der Waals surface area contributed by atoms with E-state index < -0.39 is 12.0 Å². The third-order valence-corrected chi connectivity index (χ3v) is 2.39. The molecule has 2 rings (SSSR count). The fraction of sp³-hybridized carbons (Fsp3) is 0.167. The quantitative estimate of drug-likeness (QED) is 0.824. The molecular formula is C12H12N2O2. The lowest BCUT2D eigenvalue weighted by Crippen LogP contribution is -2.25. The Labute approximate surface area is 92.9 Å². The summed E-state index contributed by atoms with van der Waals surface area (Å²) in [4.78, 5) is 15.0. The minimum atomic E-state index is -0.874. The van der Waals surface area contributed by atoms with Crippen LogP contribution >= 0.6 is 0 Å². The third kappa shape index (κ3) is 1.95. The van der Waals surface area contributed by atoms with Gasteiger partial charge in [0.25, 0.3) is 0 Å². The SMILES string of the molecule is C[C@H](Nc1cccc2ncccc12)C(=O)O. The number of carbonyl (C=O) groups is 1. The van der Waals surface area contributed by atoms with Gasteiger partial charge in [-0.05, 0) is 31.2 Å². The molecule has 4 nitrogen and oxygen atoms in total. The fourth-order valence-corrected chi connectivity index (χ4v) is 1.52. The van der Waals surface area contributed by atoms with Crippen molar-refractivity contribution in [2.45, 2.75) is 13.0 Å². The zero-order valence-electron chi connectivity index (χ0n) is 8.84. The summed E-state index contributed by atoms with van der Waals surface area (Å²) in [6, 6.07) is 8.73. The van der Waals surface area contributed by atoms with E-state index in [0.29, 0.717) is 0 Å². The Balaban J connectivity index is 2.41. The summed E-state index contributed by atoms with van der Waals surface area (Å²) in [5.74, 6) is -0.874. The van der Waals surface area contributed by atoms with Crippen LogP contribution < -0.4 is 5.32 Å². The van der Waals surface area contributed by atoms with Gasteiger partial charge in [0.15, 0.2) is 0 Å². The van der Waals surface area contributed by atoms with Crippen molar-refractivity contribution in [3.8, 4) is 0 Å². The first-order valence-corrected chi connectivity index (χ1v) is 5.01. The summed E-state index contributed by atoms with van der Waals surface area (Å²) >= 11 is 0. The molecule has 1 aromatic carbocycles. The molecule has 0 radical (unpaired) electrons. The number of pyridine rings is 1. The van der Waals surface area contributed by atoms with Gasteiger partial charge in [-0.3, -0.25) is 9.78 Å². The lowest BCUT2D eigenvalue weighted by atomic mass is 10.1. The van der Waals surface area contributed by atoms with Gasteiger partial charge in [0, 0.05) is 17.3 Å². The van der Waals surface area contributed by atoms with Crippen LogP contribution in [0.3, 0.4) is 0 Å². The normalized spacial score (nSPS) is 12.3. The van der Waals surface area contributed by atoms with E-state index in [1.54, 1.807) is 13.1 Å². The Bertz CT molecular complexity index is 520. The summed E-state index contributed by atoms with van der Waals surface area (Å²) in [6.45, 7) is 1.61. The number of nitrogens with zero attached hydrogens (tertiary/aromatic N) is 1. The number of fused-ring (bicyclic) bond motifs is 1. The maximum atomic E-state index is 10.8. The van der Waals surface area contributed by atoms with Crippen LogP contribution in [0.15, 0.2) is 36.5 Å². The molecule has 0 aliphatic heterocycles. The van der Waals surface area contributed by atoms with Gasteiger partial charge in [-0.2, -0.15) is 0 Å². The van der Waals surface area contributed by atoms with E-state index in [-0.39, 0.29) is 0 Å². The van der Waals surface area contributed by atoms with Crippen molar-refractivity contribution in [1.82, 2.24) is 4.98 Å². The molecule has 82 valence electrons. The van der Waals surface area contributed by atoms with Crippen molar-refractivity contribution < 1.29 is 9.90 Å². The number of aromatic nitrogens is 1. The van der Waals surface area contributed by atoms with Gasteiger partial charge >= 0.3 is 5.97 Å². The van der Waals surface area contributed by atoms with Crippen molar-refractivity contribution in [1.29, 1.82) is 0 Å². The van der Waals surface area contributed by atoms with Crippen LogP contribution in [0.1, 0.15) is 6.92 Å². The van der Waals surface area contributed by atoms with Crippen LogP contribution in [-0.2, 0) is 4.79 Å². The Morgan fingerprint density at radius 2 is 2.19 bits per heavy atom. The maximum absolute atomic E-state index is 10.8. The summed E-state index contributed by atoms with van der Waals surface area (Å²) in [5, 5.41) is 12.7. The molecule has 1 aromatic heterocycles. The highest BCUT2D eigenvalue weighted by atomic mass is 16.4. The van der Waals surface area contributed by atoms with Gasteiger partial charge in [-0.1, -0.05) is 6.07 Å². The molecule has 4 heteroatoms. The van der Waals surface area contributed by atoms with Crippen molar-refractivity contribution in [2.75, 3.05) is 5.32 Å². The van der Waals surface area contributed by atoms with E-state index in [9.17, 15) is 4.79 Å². The largest absolute Gasteiger partial charge is 0.480 e. The molecule has 2 N–H and O–H groups in total. The maximum Gasteiger partial charge on any atom is 0.325 e. The average Bonchev–Trinajstić information content (AvgIpc) is 2.29. The highest BCUT2D eigenvalue weighted by Gasteiger charge is 2.11. The number of nitrogens with one attached hydrogen (secondary N) is 1. The lowest BCUT2D eigenvalue weighted by molar-refractivity contribution is -0.137. The second-order valence-corrected chi connectivity index (χ2v) is 3.58. The van der Waals surface area contributed by atoms with Gasteiger partial charge in [-0.15, -0.1) is 0 Å². The van der Waals surface area contributed by atoms with E-state index >= 15 is 0 Å². The second kappa shape index (κ2) is 4.18. The van der Waals surface area contributed by atoms with E-state index in [4.69, 9.17) is 5.11 Å². The predicted molar refractivity (Wildman–Crippen MR) is 62.5 cm³/mol. The van der Waals surface area contributed by atoms with Gasteiger partial charge in [0.05, 0.1) is 5.52 Å². The average molecular weight is 216 g/mol. The molecule has 2 aromatic rings. The molecule has 0 aliphatic rings. The topological polar surface area (TPSA) is 62.2 Å². The van der Waals surface area contributed by atoms with E-state index in [1.807, 2.05) is 30.3 Å². The molecule has 16 heavy (non-hydrogen) atoms. The highest BCUT2D eigenvalue weighted by molar-refractivity contribution is 5.92. The Morgan fingerprint density at radius 1 is 1.38 bits per heavy atom. The monoisotopic (exact) mass is 216 g/mol. The number of hydrogen-bond acceptors (Lipinski definition) is 3. The molecule has 0 aliphatic carbocycles. The first-order chi connectivity index (χ1) is 7.68. The molecule has 0 amide bonds. The summed E-state index contributed by atoms with van der Waals surface area (Å²) < 4.78 is 0. The fourth-order valence-electron chi connectivity index (χ4n) is 1.52. The van der Waals surface area contributed by atoms with Crippen LogP contribution in [-0.4, -0.2) is 22.1 Å². The van der Waals surface area contributed by atoms with Gasteiger partial charge in [0.1, 0.15) is 6.04 Å². The van der Waals surface area contributed by atoms with E-state index in [0.717, 1.165) is 16.6 Å². The lowest BCUT2D eigenvalue weighted by Gasteiger charge is -2.12. The number of anilines is 1. The van der Waals surface area contributed by atoms with Crippen molar-refractivity contribution in [3.05, 3.63) is 36.5 Å². The van der Waals surface area contributed by atoms with Crippen LogP contribution in [0, 0.1) is 0 Å². The van der Waals surface area contributed by atoms with Crippen molar-refractivity contribution in [3.63, 3.8) is 0 Å². The van der Waals surface area contributed by atoms with Gasteiger partial charge < -0.3 is 10.4 Å². The molecule has 0 fully saturated rings. The third-order valence-electron chi connectivity index (χ3n) is 2.39. The highest BCUT2D eigenvalue weighted by Crippen LogP contribution is 2.21. The minimum absolute atomic E-state index is 0.620. The molecule has 0 spiro atoms. The zero-order valence-corrected chi connectivity index (χ0v) is 8.84. The Hall–Kier alpha value is -2.10. The van der Waals surface area contributed by atoms with Crippen LogP contribution in [0.25, 0.3) is 10.9 Å². The Morgan fingerprint density at radius 3 is 2.94 bits per heavy atom. The molecular weight excluding hydrogens is 204 g/mol. The predicted octanol–water partition coefficient (Wildman–Crippen LogP) is 2.12. The molecule has 1 heterocycles. The van der Waals surface area contributed by atoms with Crippen molar-refractivity contribution in [2.24, 2.45) is 0 Å². The molecule has 0 saturated heterocycles. The van der Waals surface area contributed by atoms with E-state index in [2.05, 4.69) is 10.3 Å². The number of carboxylic acid groups (broad SMARTS) is 1. The first kappa shape index (κ1) is 10.4. The second-order valence-electron chi connectivity index (χ2n) is 3.58. The Kier molecular flexibility index (Phi) is 2.72.